The molecule has 0 saturated heterocycles. The number of hydrogen-bond donors (Lipinski definition) is 0. The van der Waals surface area contributed by atoms with E-state index in [0.717, 1.165) is 17.5 Å². The SMILES string of the molecule is CS(=O)(=O)OCCc1cnn(-c2ccccc2)c1. The van der Waals surface area contributed by atoms with Crippen molar-refractivity contribution in [3.63, 3.8) is 0 Å². The second kappa shape index (κ2) is 5.32. The Morgan fingerprint density at radius 3 is 2.67 bits per heavy atom. The number of hydrogen-bond acceptors (Lipinski definition) is 4. The molecular weight excluding hydrogens is 252 g/mol. The Morgan fingerprint density at radius 2 is 2.00 bits per heavy atom. The summed E-state index contributed by atoms with van der Waals surface area (Å²) in [4.78, 5) is 0. The standard InChI is InChI=1S/C12H14N2O3S/c1-18(15,16)17-8-7-11-9-13-14(10-11)12-5-3-2-4-6-12/h2-6,9-10H,7-8H2,1H3. The minimum atomic E-state index is -3.37. The van der Waals surface area contributed by atoms with Crippen LogP contribution in [0.5, 0.6) is 0 Å². The topological polar surface area (TPSA) is 61.2 Å². The summed E-state index contributed by atoms with van der Waals surface area (Å²) in [6.45, 7) is 0.138. The molecule has 0 saturated carbocycles. The molecule has 1 aromatic carbocycles. The normalized spacial score (nSPS) is 11.6. The zero-order valence-electron chi connectivity index (χ0n) is 9.98. The second-order valence-corrected chi connectivity index (χ2v) is 5.55. The van der Waals surface area contributed by atoms with Crippen LogP contribution in [0, 0.1) is 0 Å². The minimum absolute atomic E-state index is 0.138. The predicted octanol–water partition coefficient (Wildman–Crippen LogP) is 1.39. The fraction of sp³-hybridized carbons (Fsp3) is 0.250. The van der Waals surface area contributed by atoms with Crippen LogP contribution in [0.1, 0.15) is 5.56 Å². The van der Waals surface area contributed by atoms with Crippen LogP contribution in [0.2, 0.25) is 0 Å². The van der Waals surface area contributed by atoms with Gasteiger partial charge in [-0.1, -0.05) is 18.2 Å². The van der Waals surface area contributed by atoms with E-state index in [1.807, 2.05) is 36.5 Å². The average molecular weight is 266 g/mol. The molecule has 0 aliphatic carbocycles. The van der Waals surface area contributed by atoms with Crippen molar-refractivity contribution in [1.82, 2.24) is 9.78 Å². The van der Waals surface area contributed by atoms with E-state index < -0.39 is 10.1 Å². The van der Waals surface area contributed by atoms with Crippen molar-refractivity contribution in [3.05, 3.63) is 48.3 Å². The lowest BCUT2D eigenvalue weighted by Crippen LogP contribution is -2.05. The quantitative estimate of drug-likeness (QED) is 0.767. The van der Waals surface area contributed by atoms with Gasteiger partial charge in [-0.25, -0.2) is 4.68 Å². The first-order valence-electron chi connectivity index (χ1n) is 5.48. The molecule has 0 aliphatic heterocycles. The summed E-state index contributed by atoms with van der Waals surface area (Å²) in [5.41, 5.74) is 1.90. The summed E-state index contributed by atoms with van der Waals surface area (Å²) in [5.74, 6) is 0. The molecule has 0 atom stereocenters. The molecule has 0 spiro atoms. The lowest BCUT2D eigenvalue weighted by Gasteiger charge is -2.00. The van der Waals surface area contributed by atoms with Gasteiger partial charge in [0.05, 0.1) is 24.7 Å². The number of nitrogens with zero attached hydrogens (tertiary/aromatic N) is 2. The van der Waals surface area contributed by atoms with Crippen molar-refractivity contribution in [2.75, 3.05) is 12.9 Å². The maximum atomic E-state index is 10.8. The molecule has 0 fully saturated rings. The summed E-state index contributed by atoms with van der Waals surface area (Å²) in [6.07, 6.45) is 5.12. The minimum Gasteiger partial charge on any atom is -0.270 e. The van der Waals surface area contributed by atoms with Crippen LogP contribution in [-0.4, -0.2) is 31.1 Å². The summed E-state index contributed by atoms with van der Waals surface area (Å²) in [6, 6.07) is 9.70. The zero-order chi connectivity index (χ0) is 13.0. The monoisotopic (exact) mass is 266 g/mol. The molecular formula is C12H14N2O3S. The van der Waals surface area contributed by atoms with Gasteiger partial charge in [0.25, 0.3) is 10.1 Å². The van der Waals surface area contributed by atoms with Crippen molar-refractivity contribution in [3.8, 4) is 5.69 Å². The van der Waals surface area contributed by atoms with Gasteiger partial charge >= 0.3 is 0 Å². The maximum Gasteiger partial charge on any atom is 0.264 e. The Balaban J connectivity index is 1.99. The van der Waals surface area contributed by atoms with Crippen molar-refractivity contribution < 1.29 is 12.6 Å². The molecule has 1 heterocycles. The van der Waals surface area contributed by atoms with Crippen molar-refractivity contribution in [1.29, 1.82) is 0 Å². The van der Waals surface area contributed by atoms with Crippen LogP contribution in [-0.2, 0) is 20.7 Å². The van der Waals surface area contributed by atoms with Crippen LogP contribution >= 0.6 is 0 Å². The van der Waals surface area contributed by atoms with Gasteiger partial charge in [0.2, 0.25) is 0 Å². The first kappa shape index (κ1) is 12.8. The first-order valence-corrected chi connectivity index (χ1v) is 7.30. The summed E-state index contributed by atoms with van der Waals surface area (Å²) in [5, 5.41) is 4.21. The third-order valence-corrected chi connectivity index (χ3v) is 2.94. The molecule has 2 aromatic rings. The number of aromatic nitrogens is 2. The Kier molecular flexibility index (Phi) is 3.78. The highest BCUT2D eigenvalue weighted by molar-refractivity contribution is 7.85. The van der Waals surface area contributed by atoms with E-state index in [1.54, 1.807) is 10.9 Å². The van der Waals surface area contributed by atoms with Crippen LogP contribution < -0.4 is 0 Å². The Bertz CT molecular complexity index is 605. The van der Waals surface area contributed by atoms with Crippen LogP contribution in [0.4, 0.5) is 0 Å². The van der Waals surface area contributed by atoms with Gasteiger partial charge in [-0.2, -0.15) is 13.5 Å². The number of benzene rings is 1. The van der Waals surface area contributed by atoms with Gasteiger partial charge in [0, 0.05) is 12.6 Å². The average Bonchev–Trinajstić information content (AvgIpc) is 2.77. The third kappa shape index (κ3) is 3.68. The molecule has 1 aromatic heterocycles. The Morgan fingerprint density at radius 1 is 1.28 bits per heavy atom. The summed E-state index contributed by atoms with van der Waals surface area (Å²) in [7, 11) is -3.37. The van der Waals surface area contributed by atoms with Gasteiger partial charge in [-0.15, -0.1) is 0 Å². The summed E-state index contributed by atoms with van der Waals surface area (Å²) < 4.78 is 28.0. The Hall–Kier alpha value is -1.66. The fourth-order valence-corrected chi connectivity index (χ4v) is 1.91. The lowest BCUT2D eigenvalue weighted by atomic mass is 10.3. The van der Waals surface area contributed by atoms with Gasteiger partial charge in [0.15, 0.2) is 0 Å². The molecule has 18 heavy (non-hydrogen) atoms. The number of para-hydroxylation sites is 1. The zero-order valence-corrected chi connectivity index (χ0v) is 10.8. The van der Waals surface area contributed by atoms with Gasteiger partial charge in [-0.05, 0) is 17.7 Å². The highest BCUT2D eigenvalue weighted by Gasteiger charge is 2.04. The van der Waals surface area contributed by atoms with Gasteiger partial charge in [-0.3, -0.25) is 4.18 Å². The molecule has 0 unspecified atom stereocenters. The Labute approximate surface area is 106 Å². The molecule has 0 aliphatic rings. The van der Waals surface area contributed by atoms with E-state index in [1.165, 1.54) is 0 Å². The molecule has 0 N–H and O–H groups in total. The maximum absolute atomic E-state index is 10.8. The fourth-order valence-electron chi connectivity index (χ4n) is 1.52. The van der Waals surface area contributed by atoms with E-state index >= 15 is 0 Å². The summed E-state index contributed by atoms with van der Waals surface area (Å²) >= 11 is 0. The molecule has 0 amide bonds. The van der Waals surface area contributed by atoms with Crippen LogP contribution in [0.25, 0.3) is 5.69 Å². The van der Waals surface area contributed by atoms with Crippen molar-refractivity contribution in [2.45, 2.75) is 6.42 Å². The van der Waals surface area contributed by atoms with Crippen LogP contribution in [0.3, 0.4) is 0 Å². The van der Waals surface area contributed by atoms with E-state index in [9.17, 15) is 8.42 Å². The predicted molar refractivity (Wildman–Crippen MR) is 68.1 cm³/mol. The van der Waals surface area contributed by atoms with Crippen molar-refractivity contribution in [2.24, 2.45) is 0 Å². The molecule has 6 heteroatoms. The highest BCUT2D eigenvalue weighted by atomic mass is 32.2. The lowest BCUT2D eigenvalue weighted by molar-refractivity contribution is 0.326. The molecule has 0 bridgehead atoms. The van der Waals surface area contributed by atoms with E-state index in [4.69, 9.17) is 0 Å². The molecule has 0 radical (unpaired) electrons. The molecule has 2 rings (SSSR count). The smallest absolute Gasteiger partial charge is 0.264 e. The molecule has 5 nitrogen and oxygen atoms in total. The molecule has 96 valence electrons. The number of rotatable bonds is 5. The van der Waals surface area contributed by atoms with Crippen molar-refractivity contribution >= 4 is 10.1 Å². The van der Waals surface area contributed by atoms with E-state index in [2.05, 4.69) is 9.28 Å². The van der Waals surface area contributed by atoms with E-state index in [-0.39, 0.29) is 6.61 Å². The highest BCUT2D eigenvalue weighted by Crippen LogP contribution is 2.08. The third-order valence-electron chi connectivity index (χ3n) is 2.34. The van der Waals surface area contributed by atoms with E-state index in [0.29, 0.717) is 6.42 Å². The van der Waals surface area contributed by atoms with Crippen LogP contribution in [0.15, 0.2) is 42.7 Å². The largest absolute Gasteiger partial charge is 0.270 e. The van der Waals surface area contributed by atoms with Gasteiger partial charge in [0.1, 0.15) is 0 Å². The first-order chi connectivity index (χ1) is 8.54. The second-order valence-electron chi connectivity index (χ2n) is 3.90. The van der Waals surface area contributed by atoms with Gasteiger partial charge < -0.3 is 0 Å².